The van der Waals surface area contributed by atoms with E-state index in [0.29, 0.717) is 11.1 Å². The zero-order valence-corrected chi connectivity index (χ0v) is 25.2. The average molecular weight is 575 g/mol. The first-order valence-corrected chi connectivity index (χ1v) is 16.3. The highest BCUT2D eigenvalue weighted by molar-refractivity contribution is 7.92. The number of benzene rings is 3. The maximum Gasteiger partial charge on any atom is 0.185 e. The van der Waals surface area contributed by atoms with Crippen LogP contribution in [-0.4, -0.2) is 31.6 Å². The fraction of sp³-hybridized carbons (Fsp3) is 0.379. The minimum atomic E-state index is -4.07. The SMILES string of the molecule is CC(C)(C)S(=O)N[C@@H](c1ccccc1)C([C@@H](NS(=O)C(C)(C)C)c1ccccc1)S(=O)(=O)c1ccccc1. The van der Waals surface area contributed by atoms with Gasteiger partial charge in [0.2, 0.25) is 0 Å². The molecule has 38 heavy (non-hydrogen) atoms. The largest absolute Gasteiger partial charge is 0.242 e. The van der Waals surface area contributed by atoms with E-state index >= 15 is 0 Å². The summed E-state index contributed by atoms with van der Waals surface area (Å²) in [7, 11) is -7.27. The molecule has 4 atom stereocenters. The van der Waals surface area contributed by atoms with Crippen LogP contribution in [0.1, 0.15) is 64.8 Å². The van der Waals surface area contributed by atoms with Crippen LogP contribution in [0, 0.1) is 0 Å². The third-order valence-electron chi connectivity index (χ3n) is 5.98. The molecule has 0 bridgehead atoms. The monoisotopic (exact) mass is 574 g/mol. The van der Waals surface area contributed by atoms with E-state index in [2.05, 4.69) is 9.44 Å². The van der Waals surface area contributed by atoms with Gasteiger partial charge in [-0.15, -0.1) is 0 Å². The maximum atomic E-state index is 14.5. The lowest BCUT2D eigenvalue weighted by Crippen LogP contribution is -2.50. The quantitative estimate of drug-likeness (QED) is 0.339. The number of hydrogen-bond acceptors (Lipinski definition) is 4. The highest BCUT2D eigenvalue weighted by Crippen LogP contribution is 2.37. The molecule has 0 radical (unpaired) electrons. The molecule has 0 saturated heterocycles. The minimum Gasteiger partial charge on any atom is -0.242 e. The van der Waals surface area contributed by atoms with E-state index in [1.165, 1.54) is 0 Å². The van der Waals surface area contributed by atoms with Crippen LogP contribution in [0.4, 0.5) is 0 Å². The van der Waals surface area contributed by atoms with Crippen molar-refractivity contribution in [3.8, 4) is 0 Å². The Labute approximate surface area is 232 Å². The van der Waals surface area contributed by atoms with Crippen LogP contribution in [0.5, 0.6) is 0 Å². The van der Waals surface area contributed by atoms with E-state index in [-0.39, 0.29) is 4.90 Å². The van der Waals surface area contributed by atoms with Gasteiger partial charge in [0.05, 0.1) is 48.4 Å². The van der Waals surface area contributed by atoms with Crippen molar-refractivity contribution in [3.05, 3.63) is 102 Å². The molecule has 0 aromatic heterocycles. The number of rotatable bonds is 10. The Balaban J connectivity index is 2.33. The first kappa shape index (κ1) is 30.4. The Morgan fingerprint density at radius 3 is 1.21 bits per heavy atom. The molecular weight excluding hydrogens is 537 g/mol. The van der Waals surface area contributed by atoms with E-state index in [9.17, 15) is 16.8 Å². The summed E-state index contributed by atoms with van der Waals surface area (Å²) in [5.41, 5.74) is 1.33. The van der Waals surface area contributed by atoms with Gasteiger partial charge in [0.15, 0.2) is 9.84 Å². The third-order valence-corrected chi connectivity index (χ3v) is 11.3. The standard InChI is InChI=1S/C29H38N2O4S3/c1-28(2,3)36(32)30-25(22-16-10-7-11-17-22)27(38(34,35)24-20-14-9-15-21-24)26(23-18-12-8-13-19-23)31-37(33)29(4,5)6/h7-21,25-27,30-31H,1-6H3/t25-,26-,27?,36?,37?/m0/s1. The summed E-state index contributed by atoms with van der Waals surface area (Å²) in [4.78, 5) is 0.138. The molecule has 0 saturated carbocycles. The highest BCUT2D eigenvalue weighted by atomic mass is 32.2. The normalized spacial score (nSPS) is 16.8. The zero-order chi connectivity index (χ0) is 28.1. The molecule has 6 nitrogen and oxygen atoms in total. The van der Waals surface area contributed by atoms with Crippen LogP contribution in [0.2, 0.25) is 0 Å². The van der Waals surface area contributed by atoms with Crippen molar-refractivity contribution in [2.45, 2.75) is 73.3 Å². The molecule has 2 N–H and O–H groups in total. The fourth-order valence-corrected chi connectivity index (χ4v) is 7.80. The molecule has 0 aliphatic rings. The summed E-state index contributed by atoms with van der Waals surface area (Å²) < 4.78 is 61.1. The molecule has 3 rings (SSSR count). The smallest absolute Gasteiger partial charge is 0.185 e. The molecule has 0 spiro atoms. The molecule has 0 heterocycles. The number of hydrogen-bond donors (Lipinski definition) is 2. The van der Waals surface area contributed by atoms with Crippen LogP contribution in [0.3, 0.4) is 0 Å². The van der Waals surface area contributed by atoms with E-state index < -0.39 is 58.6 Å². The second-order valence-electron chi connectivity index (χ2n) is 11.1. The highest BCUT2D eigenvalue weighted by Gasteiger charge is 2.45. The second kappa shape index (κ2) is 12.3. The van der Waals surface area contributed by atoms with Gasteiger partial charge in [0, 0.05) is 0 Å². The summed E-state index contributed by atoms with van der Waals surface area (Å²) in [5.74, 6) is 0. The molecular formula is C29H38N2O4S3. The minimum absolute atomic E-state index is 0.138. The van der Waals surface area contributed by atoms with Crippen molar-refractivity contribution in [1.29, 1.82) is 0 Å². The topological polar surface area (TPSA) is 92.3 Å². The lowest BCUT2D eigenvalue weighted by atomic mass is 9.95. The van der Waals surface area contributed by atoms with Gasteiger partial charge in [0.1, 0.15) is 5.25 Å². The first-order chi connectivity index (χ1) is 17.7. The van der Waals surface area contributed by atoms with Gasteiger partial charge in [-0.1, -0.05) is 78.9 Å². The van der Waals surface area contributed by atoms with E-state index in [1.807, 2.05) is 102 Å². The van der Waals surface area contributed by atoms with Crippen molar-refractivity contribution in [2.75, 3.05) is 0 Å². The zero-order valence-electron chi connectivity index (χ0n) is 22.8. The first-order valence-electron chi connectivity index (χ1n) is 12.5. The second-order valence-corrected chi connectivity index (χ2v) is 17.2. The van der Waals surface area contributed by atoms with Crippen molar-refractivity contribution < 1.29 is 16.8 Å². The Kier molecular flexibility index (Phi) is 9.87. The van der Waals surface area contributed by atoms with Gasteiger partial charge in [-0.2, -0.15) is 0 Å². The molecule has 3 aromatic rings. The van der Waals surface area contributed by atoms with Crippen LogP contribution < -0.4 is 9.44 Å². The van der Waals surface area contributed by atoms with Gasteiger partial charge in [-0.3, -0.25) is 0 Å². The fourth-order valence-electron chi connectivity index (χ4n) is 3.87. The molecule has 0 amide bonds. The number of nitrogens with one attached hydrogen (secondary N) is 2. The van der Waals surface area contributed by atoms with Gasteiger partial charge in [-0.05, 0) is 64.8 Å². The Morgan fingerprint density at radius 2 is 0.895 bits per heavy atom. The van der Waals surface area contributed by atoms with Gasteiger partial charge >= 0.3 is 0 Å². The van der Waals surface area contributed by atoms with Crippen molar-refractivity contribution >= 4 is 31.8 Å². The Hall–Kier alpha value is -2.17. The maximum absolute atomic E-state index is 14.5. The predicted octanol–water partition coefficient (Wildman–Crippen LogP) is 5.42. The predicted molar refractivity (Wildman–Crippen MR) is 158 cm³/mol. The van der Waals surface area contributed by atoms with Crippen molar-refractivity contribution in [2.24, 2.45) is 0 Å². The molecule has 3 aromatic carbocycles. The summed E-state index contributed by atoms with van der Waals surface area (Å²) in [5, 5.41) is -1.20. The molecule has 0 aliphatic carbocycles. The molecule has 2 unspecified atom stereocenters. The molecule has 0 fully saturated rings. The Bertz CT molecular complexity index is 1260. The van der Waals surface area contributed by atoms with Gasteiger partial charge in [0.25, 0.3) is 0 Å². The summed E-state index contributed by atoms with van der Waals surface area (Å²) >= 11 is 0. The van der Waals surface area contributed by atoms with E-state index in [4.69, 9.17) is 0 Å². The van der Waals surface area contributed by atoms with Gasteiger partial charge in [-0.25, -0.2) is 26.3 Å². The van der Waals surface area contributed by atoms with Crippen molar-refractivity contribution in [1.82, 2.24) is 9.44 Å². The summed E-state index contributed by atoms with van der Waals surface area (Å²) in [6.07, 6.45) is 0. The number of sulfone groups is 1. The van der Waals surface area contributed by atoms with Crippen LogP contribution in [0.25, 0.3) is 0 Å². The van der Waals surface area contributed by atoms with Crippen LogP contribution in [-0.2, 0) is 31.8 Å². The van der Waals surface area contributed by atoms with Crippen LogP contribution in [0.15, 0.2) is 95.9 Å². The van der Waals surface area contributed by atoms with E-state index in [1.54, 1.807) is 30.3 Å². The molecule has 0 aliphatic heterocycles. The summed E-state index contributed by atoms with van der Waals surface area (Å²) in [6.45, 7) is 11.0. The van der Waals surface area contributed by atoms with E-state index in [0.717, 1.165) is 0 Å². The average Bonchev–Trinajstić information content (AvgIpc) is 2.87. The van der Waals surface area contributed by atoms with Crippen molar-refractivity contribution in [3.63, 3.8) is 0 Å². The molecule has 9 heteroatoms. The van der Waals surface area contributed by atoms with Gasteiger partial charge < -0.3 is 0 Å². The summed E-state index contributed by atoms with van der Waals surface area (Å²) in [6, 6.07) is 24.8. The third kappa shape index (κ3) is 7.48. The molecule has 206 valence electrons. The lowest BCUT2D eigenvalue weighted by Gasteiger charge is -2.37. The van der Waals surface area contributed by atoms with Crippen LogP contribution >= 0.6 is 0 Å². The Morgan fingerprint density at radius 1 is 0.579 bits per heavy atom. The lowest BCUT2D eigenvalue weighted by molar-refractivity contribution is 0.470.